The van der Waals surface area contributed by atoms with Crippen LogP contribution in [0.3, 0.4) is 0 Å². The van der Waals surface area contributed by atoms with Crippen LogP contribution >= 0.6 is 12.4 Å². The molecule has 0 saturated carbocycles. The second-order valence-electron chi connectivity index (χ2n) is 3.29. The summed E-state index contributed by atoms with van der Waals surface area (Å²) in [6.07, 6.45) is 0.755. The third-order valence-corrected chi connectivity index (χ3v) is 2.22. The van der Waals surface area contributed by atoms with Crippen molar-refractivity contribution in [2.75, 3.05) is 0 Å². The lowest BCUT2D eigenvalue weighted by molar-refractivity contribution is 0.363. The molecule has 86 valence electrons. The van der Waals surface area contributed by atoms with Crippen molar-refractivity contribution in [1.29, 1.82) is 0 Å². The summed E-state index contributed by atoms with van der Waals surface area (Å²) in [5.74, 6) is 1.16. The van der Waals surface area contributed by atoms with Crippen LogP contribution in [0.5, 0.6) is 0 Å². The van der Waals surface area contributed by atoms with Crippen LogP contribution in [0.2, 0.25) is 0 Å². The van der Waals surface area contributed by atoms with Gasteiger partial charge in [0.15, 0.2) is 5.82 Å². The maximum Gasteiger partial charge on any atom is 0.248 e. The Kier molecular flexibility index (Phi) is 4.46. The quantitative estimate of drug-likeness (QED) is 0.891. The number of aryl methyl sites for hydroxylation is 1. The predicted octanol–water partition coefficient (Wildman–Crippen LogP) is 2.10. The number of aromatic nitrogens is 2. The summed E-state index contributed by atoms with van der Waals surface area (Å²) in [6.45, 7) is 1.97. The lowest BCUT2D eigenvalue weighted by atomic mass is 10.1. The van der Waals surface area contributed by atoms with E-state index in [0.29, 0.717) is 11.7 Å². The van der Waals surface area contributed by atoms with Crippen LogP contribution in [-0.4, -0.2) is 10.1 Å². The molecule has 5 heteroatoms. The first-order valence-electron chi connectivity index (χ1n) is 4.94. The van der Waals surface area contributed by atoms with Gasteiger partial charge in [0.05, 0.1) is 0 Å². The van der Waals surface area contributed by atoms with Crippen LogP contribution in [-0.2, 0) is 6.42 Å². The molecule has 1 unspecified atom stereocenters. The fourth-order valence-electron chi connectivity index (χ4n) is 1.34. The maximum absolute atomic E-state index is 5.99. The fourth-order valence-corrected chi connectivity index (χ4v) is 1.34. The van der Waals surface area contributed by atoms with Gasteiger partial charge in [0.2, 0.25) is 5.89 Å². The summed E-state index contributed by atoms with van der Waals surface area (Å²) >= 11 is 0. The van der Waals surface area contributed by atoms with Crippen molar-refractivity contribution < 1.29 is 4.52 Å². The minimum absolute atomic E-state index is 0. The minimum Gasteiger partial charge on any atom is -0.337 e. The van der Waals surface area contributed by atoms with E-state index in [1.54, 1.807) is 0 Å². The second kappa shape index (κ2) is 5.63. The molecule has 0 aliphatic rings. The van der Waals surface area contributed by atoms with E-state index in [4.69, 9.17) is 10.3 Å². The van der Waals surface area contributed by atoms with Crippen LogP contribution in [0.15, 0.2) is 34.9 Å². The Morgan fingerprint density at radius 1 is 1.31 bits per heavy atom. The lowest BCUT2D eigenvalue weighted by Crippen LogP contribution is -2.12. The number of hydrogen-bond donors (Lipinski definition) is 1. The van der Waals surface area contributed by atoms with Crippen molar-refractivity contribution in [3.63, 3.8) is 0 Å². The van der Waals surface area contributed by atoms with Gasteiger partial charge in [-0.2, -0.15) is 4.98 Å². The highest BCUT2D eigenvalue weighted by Crippen LogP contribution is 2.17. The number of benzene rings is 1. The molecule has 0 aliphatic carbocycles. The molecule has 4 nitrogen and oxygen atoms in total. The van der Waals surface area contributed by atoms with E-state index in [0.717, 1.165) is 12.0 Å². The van der Waals surface area contributed by atoms with E-state index >= 15 is 0 Å². The Morgan fingerprint density at radius 3 is 2.56 bits per heavy atom. The molecule has 0 aliphatic heterocycles. The highest BCUT2D eigenvalue weighted by Gasteiger charge is 2.15. The third kappa shape index (κ3) is 2.59. The van der Waals surface area contributed by atoms with Gasteiger partial charge >= 0.3 is 0 Å². The van der Waals surface area contributed by atoms with Gasteiger partial charge in [0.25, 0.3) is 0 Å². The minimum atomic E-state index is -0.334. The topological polar surface area (TPSA) is 64.9 Å². The standard InChI is InChI=1S/C11H13N3O.ClH/c1-2-9-13-11(15-14-9)10(12)8-6-4-3-5-7-8;/h3-7,10H,2,12H2,1H3;1H. The Bertz CT molecular complexity index is 430. The first kappa shape index (κ1) is 12.7. The maximum atomic E-state index is 5.99. The van der Waals surface area contributed by atoms with Gasteiger partial charge in [-0.1, -0.05) is 42.4 Å². The molecule has 0 fully saturated rings. The molecule has 16 heavy (non-hydrogen) atoms. The van der Waals surface area contributed by atoms with E-state index in [1.807, 2.05) is 37.3 Å². The normalized spacial score (nSPS) is 11.9. The van der Waals surface area contributed by atoms with Crippen LogP contribution in [0, 0.1) is 0 Å². The summed E-state index contributed by atoms with van der Waals surface area (Å²) in [6, 6.07) is 9.38. The Balaban J connectivity index is 0.00000128. The molecule has 0 spiro atoms. The zero-order valence-corrected chi connectivity index (χ0v) is 9.78. The Morgan fingerprint density at radius 2 is 2.00 bits per heavy atom. The molecular weight excluding hydrogens is 226 g/mol. The Hall–Kier alpha value is -1.39. The van der Waals surface area contributed by atoms with Gasteiger partial charge in [0, 0.05) is 6.42 Å². The largest absolute Gasteiger partial charge is 0.337 e. The summed E-state index contributed by atoms with van der Waals surface area (Å²) in [4.78, 5) is 4.20. The first-order chi connectivity index (χ1) is 7.31. The average Bonchev–Trinajstić information content (AvgIpc) is 2.78. The van der Waals surface area contributed by atoms with Gasteiger partial charge in [-0.05, 0) is 5.56 Å². The summed E-state index contributed by atoms with van der Waals surface area (Å²) < 4.78 is 5.09. The molecule has 0 radical (unpaired) electrons. The fraction of sp³-hybridized carbons (Fsp3) is 0.273. The second-order valence-corrected chi connectivity index (χ2v) is 3.29. The number of nitrogens with zero attached hydrogens (tertiary/aromatic N) is 2. The van der Waals surface area contributed by atoms with Gasteiger partial charge in [-0.25, -0.2) is 0 Å². The molecule has 1 aromatic carbocycles. The van der Waals surface area contributed by atoms with Crippen molar-refractivity contribution in [3.8, 4) is 0 Å². The highest BCUT2D eigenvalue weighted by molar-refractivity contribution is 5.85. The monoisotopic (exact) mass is 239 g/mol. The van der Waals surface area contributed by atoms with Crippen LogP contribution in [0.1, 0.15) is 30.2 Å². The number of hydrogen-bond acceptors (Lipinski definition) is 4. The van der Waals surface area contributed by atoms with Crippen LogP contribution in [0.4, 0.5) is 0 Å². The summed E-state index contributed by atoms with van der Waals surface area (Å²) in [5.41, 5.74) is 6.96. The van der Waals surface area contributed by atoms with E-state index in [9.17, 15) is 0 Å². The molecule has 2 rings (SSSR count). The van der Waals surface area contributed by atoms with Gasteiger partial charge < -0.3 is 10.3 Å². The zero-order valence-electron chi connectivity index (χ0n) is 8.96. The average molecular weight is 240 g/mol. The van der Waals surface area contributed by atoms with Gasteiger partial charge in [-0.15, -0.1) is 12.4 Å². The molecule has 1 heterocycles. The SMILES string of the molecule is CCc1noc(C(N)c2ccccc2)n1.Cl. The molecule has 1 atom stereocenters. The van der Waals surface area contributed by atoms with Crippen molar-refractivity contribution in [3.05, 3.63) is 47.6 Å². The zero-order chi connectivity index (χ0) is 10.7. The van der Waals surface area contributed by atoms with Gasteiger partial charge in [0.1, 0.15) is 6.04 Å². The summed E-state index contributed by atoms with van der Waals surface area (Å²) in [7, 11) is 0. The molecule has 2 N–H and O–H groups in total. The van der Waals surface area contributed by atoms with Crippen LogP contribution < -0.4 is 5.73 Å². The molecule has 1 aromatic heterocycles. The van der Waals surface area contributed by atoms with Crippen molar-refractivity contribution >= 4 is 12.4 Å². The molecule has 0 amide bonds. The molecule has 0 bridgehead atoms. The van der Waals surface area contributed by atoms with Crippen LogP contribution in [0.25, 0.3) is 0 Å². The van der Waals surface area contributed by atoms with Crippen molar-refractivity contribution in [1.82, 2.24) is 10.1 Å². The van der Waals surface area contributed by atoms with E-state index in [-0.39, 0.29) is 18.4 Å². The highest BCUT2D eigenvalue weighted by atomic mass is 35.5. The predicted molar refractivity (Wildman–Crippen MR) is 63.4 cm³/mol. The Labute approximate surface area is 100 Å². The first-order valence-corrected chi connectivity index (χ1v) is 4.94. The number of halogens is 1. The smallest absolute Gasteiger partial charge is 0.248 e. The summed E-state index contributed by atoms with van der Waals surface area (Å²) in [5, 5.41) is 3.82. The third-order valence-electron chi connectivity index (χ3n) is 2.22. The molecule has 2 aromatic rings. The molecular formula is C11H14ClN3O. The van der Waals surface area contributed by atoms with E-state index in [1.165, 1.54) is 0 Å². The van der Waals surface area contributed by atoms with E-state index in [2.05, 4.69) is 10.1 Å². The van der Waals surface area contributed by atoms with Crippen molar-refractivity contribution in [2.45, 2.75) is 19.4 Å². The lowest BCUT2D eigenvalue weighted by Gasteiger charge is -2.05. The number of nitrogens with two attached hydrogens (primary N) is 1. The van der Waals surface area contributed by atoms with Gasteiger partial charge in [-0.3, -0.25) is 0 Å². The van der Waals surface area contributed by atoms with E-state index < -0.39 is 0 Å². The molecule has 0 saturated heterocycles. The van der Waals surface area contributed by atoms with Crippen molar-refractivity contribution in [2.24, 2.45) is 5.73 Å². The number of rotatable bonds is 3.